The van der Waals surface area contributed by atoms with Crippen LogP contribution in [0.15, 0.2) is 12.1 Å². The van der Waals surface area contributed by atoms with Crippen LogP contribution in [0.4, 0.5) is 5.69 Å². The number of amides is 1. The third-order valence-electron chi connectivity index (χ3n) is 2.00. The van der Waals surface area contributed by atoms with E-state index >= 15 is 0 Å². The van der Waals surface area contributed by atoms with Crippen LogP contribution in [0, 0.1) is 13.8 Å². The number of hydrogen-bond donors (Lipinski definition) is 3. The predicted octanol–water partition coefficient (Wildman–Crippen LogP) is 0.906. The Balaban J connectivity index is 2.98. The van der Waals surface area contributed by atoms with Crippen molar-refractivity contribution < 1.29 is 9.90 Å². The second-order valence-corrected chi connectivity index (χ2v) is 3.21. The lowest BCUT2D eigenvalue weighted by atomic mass is 10.1. The van der Waals surface area contributed by atoms with Crippen LogP contribution in [-0.2, 0) is 4.79 Å². The molecule has 76 valence electrons. The Kier molecular flexibility index (Phi) is 3.09. The minimum Gasteiger partial charge on any atom is -0.508 e. The van der Waals surface area contributed by atoms with Gasteiger partial charge >= 0.3 is 0 Å². The summed E-state index contributed by atoms with van der Waals surface area (Å²) in [6.07, 6.45) is 0. The Labute approximate surface area is 82.7 Å². The molecule has 1 aromatic carbocycles. The number of benzene rings is 1. The van der Waals surface area contributed by atoms with Crippen molar-refractivity contribution in [2.45, 2.75) is 13.8 Å². The van der Waals surface area contributed by atoms with Gasteiger partial charge in [0.2, 0.25) is 5.91 Å². The van der Waals surface area contributed by atoms with Gasteiger partial charge < -0.3 is 16.2 Å². The van der Waals surface area contributed by atoms with Gasteiger partial charge in [0.15, 0.2) is 0 Å². The first-order chi connectivity index (χ1) is 6.54. The molecule has 4 N–H and O–H groups in total. The van der Waals surface area contributed by atoms with Crippen LogP contribution >= 0.6 is 0 Å². The van der Waals surface area contributed by atoms with Gasteiger partial charge in [-0.25, -0.2) is 0 Å². The van der Waals surface area contributed by atoms with Crippen molar-refractivity contribution in [2.24, 2.45) is 5.73 Å². The molecule has 1 amide bonds. The van der Waals surface area contributed by atoms with E-state index in [1.807, 2.05) is 6.92 Å². The fourth-order valence-corrected chi connectivity index (χ4v) is 1.14. The van der Waals surface area contributed by atoms with Gasteiger partial charge in [-0.2, -0.15) is 0 Å². The molecular weight excluding hydrogens is 180 g/mol. The number of hydrogen-bond acceptors (Lipinski definition) is 3. The molecule has 0 unspecified atom stereocenters. The highest BCUT2D eigenvalue weighted by molar-refractivity contribution is 5.93. The zero-order valence-electron chi connectivity index (χ0n) is 8.29. The number of aromatic hydroxyl groups is 1. The summed E-state index contributed by atoms with van der Waals surface area (Å²) in [5.74, 6) is -0.00793. The first-order valence-electron chi connectivity index (χ1n) is 4.34. The molecule has 0 radical (unpaired) electrons. The highest BCUT2D eigenvalue weighted by Crippen LogP contribution is 2.24. The summed E-state index contributed by atoms with van der Waals surface area (Å²) in [7, 11) is 0. The molecule has 0 saturated heterocycles. The zero-order chi connectivity index (χ0) is 10.7. The molecule has 0 spiro atoms. The number of carbonyl (C=O) groups excluding carboxylic acids is 1. The average Bonchev–Trinajstić information content (AvgIpc) is 2.14. The maximum Gasteiger partial charge on any atom is 0.238 e. The first kappa shape index (κ1) is 10.5. The number of aryl methyl sites for hydroxylation is 2. The number of rotatable bonds is 2. The molecule has 4 nitrogen and oxygen atoms in total. The van der Waals surface area contributed by atoms with E-state index in [0.717, 1.165) is 11.1 Å². The predicted molar refractivity (Wildman–Crippen MR) is 55.3 cm³/mol. The maximum atomic E-state index is 11.0. The van der Waals surface area contributed by atoms with Crippen molar-refractivity contribution in [2.75, 3.05) is 11.9 Å². The van der Waals surface area contributed by atoms with Gasteiger partial charge in [-0.15, -0.1) is 0 Å². The minimum atomic E-state index is -0.238. The molecule has 1 aromatic rings. The number of nitrogens with one attached hydrogen (secondary N) is 1. The van der Waals surface area contributed by atoms with E-state index in [-0.39, 0.29) is 18.2 Å². The van der Waals surface area contributed by atoms with E-state index in [1.165, 1.54) is 0 Å². The lowest BCUT2D eigenvalue weighted by Crippen LogP contribution is -2.22. The molecule has 0 saturated carbocycles. The van der Waals surface area contributed by atoms with Crippen LogP contribution in [0.25, 0.3) is 0 Å². The van der Waals surface area contributed by atoms with E-state index in [0.29, 0.717) is 5.69 Å². The molecule has 14 heavy (non-hydrogen) atoms. The molecule has 0 bridgehead atoms. The molecule has 0 fully saturated rings. The van der Waals surface area contributed by atoms with Gasteiger partial charge in [-0.3, -0.25) is 4.79 Å². The van der Waals surface area contributed by atoms with E-state index in [2.05, 4.69) is 5.32 Å². The van der Waals surface area contributed by atoms with Gasteiger partial charge in [-0.05, 0) is 37.1 Å². The van der Waals surface area contributed by atoms with Crippen LogP contribution in [0.2, 0.25) is 0 Å². The summed E-state index contributed by atoms with van der Waals surface area (Å²) in [4.78, 5) is 11.0. The Morgan fingerprint density at radius 3 is 2.64 bits per heavy atom. The van der Waals surface area contributed by atoms with Gasteiger partial charge in [0.25, 0.3) is 0 Å². The molecule has 0 atom stereocenters. The van der Waals surface area contributed by atoms with Crippen molar-refractivity contribution in [1.82, 2.24) is 0 Å². The van der Waals surface area contributed by atoms with Crippen LogP contribution < -0.4 is 11.1 Å². The molecule has 0 aliphatic rings. The van der Waals surface area contributed by atoms with Crippen LogP contribution in [-0.4, -0.2) is 17.6 Å². The van der Waals surface area contributed by atoms with Crippen LogP contribution in [0.5, 0.6) is 5.75 Å². The van der Waals surface area contributed by atoms with E-state index in [4.69, 9.17) is 5.73 Å². The average molecular weight is 194 g/mol. The normalized spacial score (nSPS) is 9.93. The number of phenolic OH excluding ortho intramolecular Hbond substituents is 1. The molecule has 0 aromatic heterocycles. The third-order valence-corrected chi connectivity index (χ3v) is 2.00. The maximum absolute atomic E-state index is 11.0. The zero-order valence-corrected chi connectivity index (χ0v) is 8.29. The quantitative estimate of drug-likeness (QED) is 0.612. The summed E-state index contributed by atoms with van der Waals surface area (Å²) in [6, 6.07) is 3.33. The van der Waals surface area contributed by atoms with Crippen molar-refractivity contribution >= 4 is 11.6 Å². The number of phenols is 1. The summed E-state index contributed by atoms with van der Waals surface area (Å²) in [5.41, 5.74) is 7.41. The second-order valence-electron chi connectivity index (χ2n) is 3.21. The molecule has 0 aliphatic heterocycles. The van der Waals surface area contributed by atoms with Crippen molar-refractivity contribution in [3.05, 3.63) is 23.3 Å². The fraction of sp³-hybridized carbons (Fsp3) is 0.300. The largest absolute Gasteiger partial charge is 0.508 e. The Bertz CT molecular complexity index is 361. The van der Waals surface area contributed by atoms with Gasteiger partial charge in [0.05, 0.1) is 6.54 Å². The van der Waals surface area contributed by atoms with Gasteiger partial charge in [0, 0.05) is 5.69 Å². The summed E-state index contributed by atoms with van der Waals surface area (Å²) in [6.45, 7) is 3.54. The van der Waals surface area contributed by atoms with Crippen LogP contribution in [0.3, 0.4) is 0 Å². The highest BCUT2D eigenvalue weighted by Gasteiger charge is 2.05. The van der Waals surface area contributed by atoms with E-state index in [9.17, 15) is 9.90 Å². The molecule has 4 heteroatoms. The summed E-state index contributed by atoms with van der Waals surface area (Å²) in [5, 5.41) is 12.0. The van der Waals surface area contributed by atoms with Crippen LogP contribution in [0.1, 0.15) is 11.1 Å². The Morgan fingerprint density at radius 1 is 1.43 bits per heavy atom. The molecule has 0 heterocycles. The molecular formula is C10H14N2O2. The summed E-state index contributed by atoms with van der Waals surface area (Å²) < 4.78 is 0. The third kappa shape index (κ3) is 2.23. The monoisotopic (exact) mass is 194 g/mol. The number of carbonyl (C=O) groups is 1. The van der Waals surface area contributed by atoms with Gasteiger partial charge in [0.1, 0.15) is 5.75 Å². The number of nitrogens with two attached hydrogens (primary N) is 1. The SMILES string of the molecule is Cc1cc(NC(=O)CN)c(C)cc1O. The lowest BCUT2D eigenvalue weighted by molar-refractivity contribution is -0.114. The van der Waals surface area contributed by atoms with Crippen molar-refractivity contribution in [1.29, 1.82) is 0 Å². The molecule has 0 aliphatic carbocycles. The van der Waals surface area contributed by atoms with E-state index in [1.54, 1.807) is 19.1 Å². The smallest absolute Gasteiger partial charge is 0.238 e. The fourth-order valence-electron chi connectivity index (χ4n) is 1.14. The second kappa shape index (κ2) is 4.11. The standard InChI is InChI=1S/C10H14N2O2/c1-6-4-9(13)7(2)3-8(6)12-10(14)5-11/h3-4,13H,5,11H2,1-2H3,(H,12,14). The summed E-state index contributed by atoms with van der Waals surface area (Å²) >= 11 is 0. The topological polar surface area (TPSA) is 75.4 Å². The molecule has 1 rings (SSSR count). The minimum absolute atomic E-state index is 0.0423. The van der Waals surface area contributed by atoms with Crippen molar-refractivity contribution in [3.8, 4) is 5.75 Å². The van der Waals surface area contributed by atoms with E-state index < -0.39 is 0 Å². The van der Waals surface area contributed by atoms with Gasteiger partial charge in [-0.1, -0.05) is 0 Å². The number of anilines is 1. The first-order valence-corrected chi connectivity index (χ1v) is 4.34. The lowest BCUT2D eigenvalue weighted by Gasteiger charge is -2.09. The van der Waals surface area contributed by atoms with Crippen molar-refractivity contribution in [3.63, 3.8) is 0 Å². The Hall–Kier alpha value is -1.55. The Morgan fingerprint density at radius 2 is 2.07 bits per heavy atom. The highest BCUT2D eigenvalue weighted by atomic mass is 16.3.